The molecule has 0 radical (unpaired) electrons. The van der Waals surface area contributed by atoms with Crippen LogP contribution in [0, 0.1) is 0 Å². The normalized spacial score (nSPS) is 16.3. The Labute approximate surface area is 170 Å². The highest BCUT2D eigenvalue weighted by Gasteiger charge is 2.34. The van der Waals surface area contributed by atoms with E-state index in [2.05, 4.69) is 0 Å². The summed E-state index contributed by atoms with van der Waals surface area (Å²) >= 11 is 0. The number of ketones is 1. The second kappa shape index (κ2) is 8.17. The van der Waals surface area contributed by atoms with Gasteiger partial charge in [-0.3, -0.25) is 4.79 Å². The first-order valence-electron chi connectivity index (χ1n) is 9.31. The van der Waals surface area contributed by atoms with Crippen LogP contribution in [0.5, 0.6) is 23.0 Å². The molecule has 2 aromatic carbocycles. The first-order chi connectivity index (χ1) is 13.8. The van der Waals surface area contributed by atoms with Crippen LogP contribution >= 0.6 is 0 Å². The molecule has 0 fully saturated rings. The Morgan fingerprint density at radius 1 is 1.07 bits per heavy atom. The maximum absolute atomic E-state index is 13.0. The van der Waals surface area contributed by atoms with E-state index in [1.165, 1.54) is 14.2 Å². The Morgan fingerprint density at radius 3 is 2.28 bits per heavy atom. The number of hydrogen-bond acceptors (Lipinski definition) is 6. The van der Waals surface area contributed by atoms with Gasteiger partial charge >= 0.3 is 0 Å². The Hall–Kier alpha value is -2.99. The van der Waals surface area contributed by atoms with Crippen molar-refractivity contribution < 1.29 is 28.8 Å². The summed E-state index contributed by atoms with van der Waals surface area (Å²) in [6, 6.07) is 9.09. The van der Waals surface area contributed by atoms with Gasteiger partial charge in [0.1, 0.15) is 34.7 Å². The molecule has 1 aliphatic rings. The monoisotopic (exact) mass is 398 g/mol. The van der Waals surface area contributed by atoms with Gasteiger partial charge in [0.2, 0.25) is 0 Å². The van der Waals surface area contributed by atoms with Gasteiger partial charge in [0.25, 0.3) is 0 Å². The third-order valence-corrected chi connectivity index (χ3v) is 4.74. The molecule has 1 heterocycles. The first kappa shape index (κ1) is 20.7. The molecule has 0 saturated carbocycles. The van der Waals surface area contributed by atoms with Crippen LogP contribution in [0.3, 0.4) is 0 Å². The van der Waals surface area contributed by atoms with Gasteiger partial charge in [0, 0.05) is 6.07 Å². The lowest BCUT2D eigenvalue weighted by Crippen LogP contribution is -2.22. The zero-order valence-corrected chi connectivity index (χ0v) is 17.3. The quantitative estimate of drug-likeness (QED) is 0.786. The zero-order chi connectivity index (χ0) is 21.2. The van der Waals surface area contributed by atoms with E-state index in [0.29, 0.717) is 28.4 Å². The molecular weight excluding hydrogens is 372 g/mol. The topological polar surface area (TPSA) is 74.2 Å². The van der Waals surface area contributed by atoms with Crippen LogP contribution in [0.15, 0.2) is 36.4 Å². The van der Waals surface area contributed by atoms with Crippen molar-refractivity contribution in [2.45, 2.75) is 32.0 Å². The van der Waals surface area contributed by atoms with E-state index in [1.54, 1.807) is 39.2 Å². The molecular formula is C23H26O6. The second-order valence-electron chi connectivity index (χ2n) is 7.39. The summed E-state index contributed by atoms with van der Waals surface area (Å²) in [4.78, 5) is 13.0. The van der Waals surface area contributed by atoms with Gasteiger partial charge in [-0.05, 0) is 37.6 Å². The number of benzene rings is 2. The number of carbonyl (C=O) groups excluding carboxylic acids is 1. The molecule has 1 N–H and O–H groups in total. The minimum absolute atomic E-state index is 0.0792. The Balaban J connectivity index is 2.12. The van der Waals surface area contributed by atoms with Crippen LogP contribution in [0.1, 0.15) is 47.9 Å². The van der Waals surface area contributed by atoms with Crippen LogP contribution < -0.4 is 18.9 Å². The maximum atomic E-state index is 13.0. The van der Waals surface area contributed by atoms with Gasteiger partial charge in [-0.15, -0.1) is 0 Å². The van der Waals surface area contributed by atoms with E-state index in [0.717, 1.165) is 11.3 Å². The number of carbonyl (C=O) groups is 1. The zero-order valence-electron chi connectivity index (χ0n) is 17.3. The highest BCUT2D eigenvalue weighted by molar-refractivity contribution is 6.04. The van der Waals surface area contributed by atoms with Gasteiger partial charge in [-0.25, -0.2) is 0 Å². The molecule has 1 atom stereocenters. The molecule has 3 rings (SSSR count). The van der Waals surface area contributed by atoms with Crippen molar-refractivity contribution in [3.8, 4) is 23.0 Å². The summed E-state index contributed by atoms with van der Waals surface area (Å²) in [5.41, 5.74) is 0.792. The largest absolute Gasteiger partial charge is 0.497 e. The number of aliphatic hydroxyl groups is 1. The van der Waals surface area contributed by atoms with Crippen LogP contribution in [0.25, 0.3) is 6.08 Å². The number of fused-ring (bicyclic) bond motifs is 1. The van der Waals surface area contributed by atoms with Gasteiger partial charge in [0.05, 0.1) is 38.9 Å². The number of rotatable bonds is 6. The van der Waals surface area contributed by atoms with E-state index in [4.69, 9.17) is 18.9 Å². The second-order valence-corrected chi connectivity index (χ2v) is 7.39. The molecule has 29 heavy (non-hydrogen) atoms. The standard InChI is InChI=1S/C23H26O6/c1-23(2,25)11-10-16-19(27-4)13-20(28-5)21-17(24)12-18(29-22(16)21)14-6-8-15(26-3)9-7-14/h6-11,13,18,25H,12H2,1-5H3/b11-10+/t18-/m0/s1. The summed E-state index contributed by atoms with van der Waals surface area (Å²) in [5, 5.41) is 10.1. The average molecular weight is 398 g/mol. The summed E-state index contributed by atoms with van der Waals surface area (Å²) < 4.78 is 22.4. The fourth-order valence-electron chi connectivity index (χ4n) is 3.25. The van der Waals surface area contributed by atoms with Crippen molar-refractivity contribution in [1.29, 1.82) is 0 Å². The molecule has 0 bridgehead atoms. The van der Waals surface area contributed by atoms with Gasteiger partial charge < -0.3 is 24.1 Å². The molecule has 0 unspecified atom stereocenters. The van der Waals surface area contributed by atoms with Crippen LogP contribution in [-0.2, 0) is 0 Å². The van der Waals surface area contributed by atoms with Gasteiger partial charge in [-0.1, -0.05) is 18.2 Å². The SMILES string of the molecule is COc1ccc([C@@H]2CC(=O)c3c(OC)cc(OC)c(/C=C/C(C)(C)O)c3O2)cc1. The van der Waals surface area contributed by atoms with E-state index >= 15 is 0 Å². The van der Waals surface area contributed by atoms with Crippen LogP contribution in [0.2, 0.25) is 0 Å². The molecule has 0 spiro atoms. The number of hydrogen-bond donors (Lipinski definition) is 1. The molecule has 6 nitrogen and oxygen atoms in total. The Morgan fingerprint density at radius 2 is 1.72 bits per heavy atom. The van der Waals surface area contributed by atoms with E-state index in [9.17, 15) is 9.90 Å². The van der Waals surface area contributed by atoms with E-state index in [1.807, 2.05) is 24.3 Å². The van der Waals surface area contributed by atoms with Crippen molar-refractivity contribution in [3.63, 3.8) is 0 Å². The third kappa shape index (κ3) is 4.38. The number of Topliss-reactive ketones (excluding diaryl/α,β-unsaturated/α-hetero) is 1. The predicted octanol–water partition coefficient (Wildman–Crippen LogP) is 4.20. The summed E-state index contributed by atoms with van der Waals surface area (Å²) in [6.07, 6.45) is 3.08. The molecule has 154 valence electrons. The minimum Gasteiger partial charge on any atom is -0.497 e. The lowest BCUT2D eigenvalue weighted by molar-refractivity contribution is 0.0843. The Kier molecular flexibility index (Phi) is 5.84. The number of methoxy groups -OCH3 is 3. The average Bonchev–Trinajstić information content (AvgIpc) is 2.70. The minimum atomic E-state index is -1.04. The van der Waals surface area contributed by atoms with Crippen LogP contribution in [0.4, 0.5) is 0 Å². The van der Waals surface area contributed by atoms with Crippen molar-refractivity contribution in [2.75, 3.05) is 21.3 Å². The molecule has 0 amide bonds. The van der Waals surface area contributed by atoms with Gasteiger partial charge in [0.15, 0.2) is 5.78 Å². The highest BCUT2D eigenvalue weighted by atomic mass is 16.5. The first-order valence-corrected chi connectivity index (χ1v) is 9.31. The maximum Gasteiger partial charge on any atom is 0.174 e. The third-order valence-electron chi connectivity index (χ3n) is 4.74. The van der Waals surface area contributed by atoms with E-state index in [-0.39, 0.29) is 12.2 Å². The smallest absolute Gasteiger partial charge is 0.174 e. The fourth-order valence-corrected chi connectivity index (χ4v) is 3.25. The van der Waals surface area contributed by atoms with Crippen molar-refractivity contribution in [1.82, 2.24) is 0 Å². The van der Waals surface area contributed by atoms with Crippen molar-refractivity contribution in [2.24, 2.45) is 0 Å². The van der Waals surface area contributed by atoms with Crippen molar-refractivity contribution in [3.05, 3.63) is 53.1 Å². The molecule has 0 aliphatic carbocycles. The number of ether oxygens (including phenoxy) is 4. The lowest BCUT2D eigenvalue weighted by Gasteiger charge is -2.29. The molecule has 6 heteroatoms. The lowest BCUT2D eigenvalue weighted by atomic mass is 9.92. The molecule has 0 aromatic heterocycles. The summed E-state index contributed by atoms with van der Waals surface area (Å²) in [5.74, 6) is 1.93. The van der Waals surface area contributed by atoms with E-state index < -0.39 is 11.7 Å². The fraction of sp³-hybridized carbons (Fsp3) is 0.348. The van der Waals surface area contributed by atoms with Crippen LogP contribution in [-0.4, -0.2) is 37.8 Å². The summed E-state index contributed by atoms with van der Waals surface area (Å²) in [6.45, 7) is 3.33. The molecule has 2 aromatic rings. The highest BCUT2D eigenvalue weighted by Crippen LogP contribution is 2.46. The Bertz CT molecular complexity index is 922. The molecule has 1 aliphatic heterocycles. The van der Waals surface area contributed by atoms with Gasteiger partial charge in [-0.2, -0.15) is 0 Å². The van der Waals surface area contributed by atoms with Crippen molar-refractivity contribution >= 4 is 11.9 Å². The molecule has 0 saturated heterocycles. The summed E-state index contributed by atoms with van der Waals surface area (Å²) in [7, 11) is 4.64. The predicted molar refractivity (Wildman–Crippen MR) is 110 cm³/mol.